The van der Waals surface area contributed by atoms with Crippen molar-refractivity contribution in [3.05, 3.63) is 34.7 Å². The SMILES string of the molecule is O=C(CN(CCN1CCCCC1)C(=O)c1cccs1)Nc1ccon1. The van der Waals surface area contributed by atoms with Crippen LogP contribution < -0.4 is 5.32 Å². The number of carbonyl (C=O) groups excluding carboxylic acids is 2. The summed E-state index contributed by atoms with van der Waals surface area (Å²) in [5.41, 5.74) is 0. The summed E-state index contributed by atoms with van der Waals surface area (Å²) in [4.78, 5) is 29.6. The largest absolute Gasteiger partial charge is 0.363 e. The molecule has 0 atom stereocenters. The summed E-state index contributed by atoms with van der Waals surface area (Å²) < 4.78 is 4.70. The van der Waals surface area contributed by atoms with Gasteiger partial charge in [0, 0.05) is 19.2 Å². The van der Waals surface area contributed by atoms with E-state index in [2.05, 4.69) is 15.4 Å². The van der Waals surface area contributed by atoms with Crippen LogP contribution >= 0.6 is 11.3 Å². The molecule has 1 aliphatic rings. The molecular weight excluding hydrogens is 340 g/mol. The Bertz CT molecular complexity index is 666. The van der Waals surface area contributed by atoms with Crippen molar-refractivity contribution in [3.8, 4) is 0 Å². The van der Waals surface area contributed by atoms with Gasteiger partial charge in [0.15, 0.2) is 5.82 Å². The fourth-order valence-electron chi connectivity index (χ4n) is 2.89. The Hall–Kier alpha value is -2.19. The molecule has 2 aromatic rings. The van der Waals surface area contributed by atoms with Crippen LogP contribution in [0.5, 0.6) is 0 Å². The maximum atomic E-state index is 12.7. The zero-order valence-electron chi connectivity index (χ0n) is 14.0. The van der Waals surface area contributed by atoms with Crippen molar-refractivity contribution in [2.24, 2.45) is 0 Å². The molecule has 3 rings (SSSR count). The molecule has 0 radical (unpaired) electrons. The minimum Gasteiger partial charge on any atom is -0.363 e. The van der Waals surface area contributed by atoms with Gasteiger partial charge in [-0.2, -0.15) is 0 Å². The number of hydrogen-bond donors (Lipinski definition) is 1. The Morgan fingerprint density at radius 1 is 1.28 bits per heavy atom. The molecule has 25 heavy (non-hydrogen) atoms. The van der Waals surface area contributed by atoms with Crippen LogP contribution in [0.3, 0.4) is 0 Å². The second kappa shape index (κ2) is 8.77. The third-order valence-corrected chi connectivity index (χ3v) is 5.05. The van der Waals surface area contributed by atoms with E-state index in [9.17, 15) is 9.59 Å². The number of nitrogens with zero attached hydrogens (tertiary/aromatic N) is 3. The number of nitrogens with one attached hydrogen (secondary N) is 1. The van der Waals surface area contributed by atoms with Gasteiger partial charge in [0.2, 0.25) is 5.91 Å². The minimum absolute atomic E-state index is 0.00255. The van der Waals surface area contributed by atoms with E-state index in [1.54, 1.807) is 17.0 Å². The van der Waals surface area contributed by atoms with Gasteiger partial charge in [0.25, 0.3) is 5.91 Å². The highest BCUT2D eigenvalue weighted by atomic mass is 32.1. The number of amides is 2. The van der Waals surface area contributed by atoms with Gasteiger partial charge in [-0.3, -0.25) is 9.59 Å². The van der Waals surface area contributed by atoms with Crippen molar-refractivity contribution in [1.29, 1.82) is 0 Å². The lowest BCUT2D eigenvalue weighted by Crippen LogP contribution is -2.43. The van der Waals surface area contributed by atoms with E-state index in [-0.39, 0.29) is 18.4 Å². The number of aromatic nitrogens is 1. The molecule has 0 spiro atoms. The van der Waals surface area contributed by atoms with Crippen LogP contribution in [0, 0.1) is 0 Å². The smallest absolute Gasteiger partial charge is 0.264 e. The molecule has 1 aliphatic heterocycles. The predicted molar refractivity (Wildman–Crippen MR) is 95.6 cm³/mol. The average Bonchev–Trinajstić information content (AvgIpc) is 3.32. The van der Waals surface area contributed by atoms with Crippen LogP contribution in [-0.4, -0.2) is 59.5 Å². The highest BCUT2D eigenvalue weighted by Gasteiger charge is 2.21. The number of hydrogen-bond acceptors (Lipinski definition) is 6. The molecule has 1 saturated heterocycles. The molecule has 3 heterocycles. The summed E-state index contributed by atoms with van der Waals surface area (Å²) >= 11 is 1.39. The first-order valence-electron chi connectivity index (χ1n) is 8.48. The number of carbonyl (C=O) groups is 2. The van der Waals surface area contributed by atoms with Crippen molar-refractivity contribution in [1.82, 2.24) is 15.0 Å². The number of rotatable bonds is 7. The van der Waals surface area contributed by atoms with Crippen LogP contribution in [0.2, 0.25) is 0 Å². The Morgan fingerprint density at radius 3 is 2.80 bits per heavy atom. The normalized spacial score (nSPS) is 15.0. The van der Waals surface area contributed by atoms with Crippen molar-refractivity contribution in [2.45, 2.75) is 19.3 Å². The highest BCUT2D eigenvalue weighted by Crippen LogP contribution is 2.13. The molecule has 2 amide bonds. The summed E-state index contributed by atoms with van der Waals surface area (Å²) in [6.45, 7) is 3.44. The van der Waals surface area contributed by atoms with Gasteiger partial charge in [-0.25, -0.2) is 0 Å². The molecule has 0 unspecified atom stereocenters. The highest BCUT2D eigenvalue weighted by molar-refractivity contribution is 7.12. The molecule has 134 valence electrons. The molecule has 0 bridgehead atoms. The number of likely N-dealkylation sites (tertiary alicyclic amines) is 1. The van der Waals surface area contributed by atoms with Crippen molar-refractivity contribution in [3.63, 3.8) is 0 Å². The Balaban J connectivity index is 1.60. The van der Waals surface area contributed by atoms with Crippen molar-refractivity contribution in [2.75, 3.05) is 38.0 Å². The van der Waals surface area contributed by atoms with Gasteiger partial charge >= 0.3 is 0 Å². The molecule has 0 aliphatic carbocycles. The van der Waals surface area contributed by atoms with Crippen LogP contribution in [0.25, 0.3) is 0 Å². The summed E-state index contributed by atoms with van der Waals surface area (Å²) in [5, 5.41) is 8.17. The first-order chi connectivity index (χ1) is 12.2. The van der Waals surface area contributed by atoms with E-state index in [1.165, 1.54) is 36.9 Å². The van der Waals surface area contributed by atoms with E-state index >= 15 is 0 Å². The topological polar surface area (TPSA) is 78.7 Å². The van der Waals surface area contributed by atoms with Crippen LogP contribution in [0.15, 0.2) is 34.4 Å². The Morgan fingerprint density at radius 2 is 2.12 bits per heavy atom. The molecule has 1 fully saturated rings. The number of thiophene rings is 1. The fraction of sp³-hybridized carbons (Fsp3) is 0.471. The number of anilines is 1. The lowest BCUT2D eigenvalue weighted by atomic mass is 10.1. The lowest BCUT2D eigenvalue weighted by molar-refractivity contribution is -0.117. The van der Waals surface area contributed by atoms with Crippen LogP contribution in [0.1, 0.15) is 28.9 Å². The third kappa shape index (κ3) is 5.14. The summed E-state index contributed by atoms with van der Waals surface area (Å²) in [6, 6.07) is 5.20. The molecule has 2 aromatic heterocycles. The quantitative estimate of drug-likeness (QED) is 0.818. The summed E-state index contributed by atoms with van der Waals surface area (Å²) in [7, 11) is 0. The second-order valence-electron chi connectivity index (χ2n) is 6.04. The lowest BCUT2D eigenvalue weighted by Gasteiger charge is -2.29. The van der Waals surface area contributed by atoms with Crippen molar-refractivity contribution < 1.29 is 14.1 Å². The monoisotopic (exact) mass is 362 g/mol. The van der Waals surface area contributed by atoms with E-state index in [0.717, 1.165) is 19.6 Å². The van der Waals surface area contributed by atoms with Gasteiger partial charge in [-0.05, 0) is 37.4 Å². The first-order valence-corrected chi connectivity index (χ1v) is 9.36. The molecule has 0 saturated carbocycles. The van der Waals surface area contributed by atoms with Gasteiger partial charge in [-0.15, -0.1) is 11.3 Å². The fourth-order valence-corrected chi connectivity index (χ4v) is 3.58. The third-order valence-electron chi connectivity index (χ3n) is 4.19. The molecule has 1 N–H and O–H groups in total. The average molecular weight is 362 g/mol. The summed E-state index contributed by atoms with van der Waals surface area (Å²) in [6.07, 6.45) is 5.06. The van der Waals surface area contributed by atoms with Gasteiger partial charge in [0.05, 0.1) is 4.88 Å². The van der Waals surface area contributed by atoms with E-state index in [4.69, 9.17) is 4.52 Å². The minimum atomic E-state index is -0.280. The van der Waals surface area contributed by atoms with Crippen LogP contribution in [-0.2, 0) is 4.79 Å². The van der Waals surface area contributed by atoms with E-state index < -0.39 is 0 Å². The molecule has 7 nitrogen and oxygen atoms in total. The van der Waals surface area contributed by atoms with Gasteiger partial charge in [0.1, 0.15) is 12.8 Å². The maximum Gasteiger partial charge on any atom is 0.264 e. The predicted octanol–water partition coefficient (Wildman–Crippen LogP) is 2.30. The molecular formula is C17H22N4O3S. The maximum absolute atomic E-state index is 12.7. The zero-order chi connectivity index (χ0) is 17.5. The zero-order valence-corrected chi connectivity index (χ0v) is 14.8. The van der Waals surface area contributed by atoms with Gasteiger partial charge in [-0.1, -0.05) is 17.6 Å². The molecule has 0 aromatic carbocycles. The first kappa shape index (κ1) is 17.6. The molecule has 8 heteroatoms. The van der Waals surface area contributed by atoms with E-state index in [1.807, 2.05) is 11.4 Å². The van der Waals surface area contributed by atoms with Crippen LogP contribution in [0.4, 0.5) is 5.82 Å². The van der Waals surface area contributed by atoms with Gasteiger partial charge < -0.3 is 19.6 Å². The number of piperidine rings is 1. The standard InChI is InChI=1S/C17H22N4O3S/c22-16(18-15-6-11-24-19-15)13-21(17(23)14-5-4-12-25-14)10-9-20-7-2-1-3-8-20/h4-6,11-12H,1-3,7-10,13H2,(H,18,19,22). The summed E-state index contributed by atoms with van der Waals surface area (Å²) in [5.74, 6) is -0.0377. The second-order valence-corrected chi connectivity index (χ2v) is 6.99. The van der Waals surface area contributed by atoms with Crippen molar-refractivity contribution >= 4 is 29.0 Å². The Kier molecular flexibility index (Phi) is 6.19. The van der Waals surface area contributed by atoms with E-state index in [0.29, 0.717) is 17.2 Å². The Labute approximate surface area is 150 Å².